The quantitative estimate of drug-likeness (QED) is 0.0262. The predicted octanol–water partition coefficient (Wildman–Crippen LogP) is 19.1. The van der Waals surface area contributed by atoms with Gasteiger partial charge in [-0.2, -0.15) is 0 Å². The number of hydrogen-bond acceptors (Lipinski definition) is 6. The summed E-state index contributed by atoms with van der Waals surface area (Å²) < 4.78 is 16.8. The molecule has 0 spiro atoms. The summed E-state index contributed by atoms with van der Waals surface area (Å²) in [6, 6.07) is 0. The van der Waals surface area contributed by atoms with Crippen molar-refractivity contribution < 1.29 is 28.6 Å². The molecule has 0 amide bonds. The van der Waals surface area contributed by atoms with Crippen molar-refractivity contribution in [1.82, 2.24) is 0 Å². The molecule has 0 saturated heterocycles. The van der Waals surface area contributed by atoms with Crippen LogP contribution in [0.2, 0.25) is 0 Å². The zero-order valence-corrected chi connectivity index (χ0v) is 43.8. The van der Waals surface area contributed by atoms with Crippen LogP contribution in [0.5, 0.6) is 0 Å². The molecule has 6 nitrogen and oxygen atoms in total. The molecule has 0 aromatic rings. The number of rotatable bonds is 53. The lowest BCUT2D eigenvalue weighted by Crippen LogP contribution is -2.30. The summed E-state index contributed by atoms with van der Waals surface area (Å²) in [5.74, 6) is -0.855. The van der Waals surface area contributed by atoms with Gasteiger partial charge in [-0.15, -0.1) is 0 Å². The summed E-state index contributed by atoms with van der Waals surface area (Å²) in [6.45, 7) is 6.62. The molecule has 0 bridgehead atoms. The van der Waals surface area contributed by atoms with Crippen LogP contribution in [0.4, 0.5) is 0 Å². The monoisotopic (exact) mass is 915 g/mol. The van der Waals surface area contributed by atoms with Gasteiger partial charge in [-0.1, -0.05) is 270 Å². The van der Waals surface area contributed by atoms with Crippen molar-refractivity contribution >= 4 is 17.9 Å². The summed E-state index contributed by atoms with van der Waals surface area (Å²) >= 11 is 0. The molecule has 382 valence electrons. The van der Waals surface area contributed by atoms with Crippen molar-refractivity contribution in [2.24, 2.45) is 0 Å². The van der Waals surface area contributed by atoms with Crippen LogP contribution < -0.4 is 0 Å². The standard InChI is InChI=1S/C59H110O6/c1-4-7-10-13-16-19-20-21-22-23-24-25-26-27-28-29-30-31-32-33-34-35-36-37-38-41-43-46-49-52-58(61)64-55-56(65-59(62)53-50-47-44-40-18-15-12-9-6-3)54-63-57(60)51-48-45-42-39-17-14-11-8-5-2/h20-21,23-24,56H,4-19,22,25-55H2,1-3H3/b21-20-,24-23-. The third-order valence-corrected chi connectivity index (χ3v) is 13.0. The van der Waals surface area contributed by atoms with Crippen LogP contribution in [0.1, 0.15) is 316 Å². The average molecular weight is 916 g/mol. The maximum Gasteiger partial charge on any atom is 0.306 e. The van der Waals surface area contributed by atoms with Crippen LogP contribution in [-0.2, 0) is 28.6 Å². The van der Waals surface area contributed by atoms with Crippen LogP contribution in [0, 0.1) is 0 Å². The van der Waals surface area contributed by atoms with Crippen LogP contribution >= 0.6 is 0 Å². The normalized spacial score (nSPS) is 12.1. The summed E-state index contributed by atoms with van der Waals surface area (Å²) in [5.41, 5.74) is 0. The number of hydrogen-bond donors (Lipinski definition) is 0. The Bertz CT molecular complexity index is 1050. The highest BCUT2D eigenvalue weighted by atomic mass is 16.6. The van der Waals surface area contributed by atoms with E-state index in [0.717, 1.165) is 64.2 Å². The molecule has 0 heterocycles. The Labute approximate surface area is 404 Å². The molecule has 0 rings (SSSR count). The third kappa shape index (κ3) is 52.7. The van der Waals surface area contributed by atoms with E-state index in [9.17, 15) is 14.4 Å². The summed E-state index contributed by atoms with van der Waals surface area (Å²) in [4.78, 5) is 37.8. The maximum atomic E-state index is 12.7. The van der Waals surface area contributed by atoms with E-state index < -0.39 is 6.10 Å². The smallest absolute Gasteiger partial charge is 0.306 e. The van der Waals surface area contributed by atoms with Crippen LogP contribution in [-0.4, -0.2) is 37.2 Å². The Morgan fingerprint density at radius 3 is 0.846 bits per heavy atom. The molecule has 6 heteroatoms. The highest BCUT2D eigenvalue weighted by Crippen LogP contribution is 2.17. The second kappa shape index (κ2) is 54.5. The maximum absolute atomic E-state index is 12.7. The van der Waals surface area contributed by atoms with Gasteiger partial charge in [0.1, 0.15) is 13.2 Å². The van der Waals surface area contributed by atoms with Gasteiger partial charge in [-0.05, 0) is 51.4 Å². The molecule has 0 aliphatic rings. The SMILES string of the molecule is CCCCCCC/C=C\C/C=C\CCCCCCCCCCCCCCCCCCCC(=O)OCC(COC(=O)CCCCCCCCCCC)OC(=O)CCCCCCCCCCC. The van der Waals surface area contributed by atoms with Crippen LogP contribution in [0.15, 0.2) is 24.3 Å². The largest absolute Gasteiger partial charge is 0.462 e. The van der Waals surface area contributed by atoms with E-state index in [0.29, 0.717) is 19.3 Å². The minimum Gasteiger partial charge on any atom is -0.462 e. The fourth-order valence-electron chi connectivity index (χ4n) is 8.59. The molecular weight excluding hydrogens is 805 g/mol. The van der Waals surface area contributed by atoms with Crippen LogP contribution in [0.3, 0.4) is 0 Å². The first kappa shape index (κ1) is 62.9. The fraction of sp³-hybridized carbons (Fsp3) is 0.881. The van der Waals surface area contributed by atoms with E-state index in [1.807, 2.05) is 0 Å². The van der Waals surface area contributed by atoms with E-state index in [-0.39, 0.29) is 31.1 Å². The van der Waals surface area contributed by atoms with Gasteiger partial charge in [0.2, 0.25) is 0 Å². The summed E-state index contributed by atoms with van der Waals surface area (Å²) in [6.07, 6.45) is 63.5. The molecule has 0 fully saturated rings. The predicted molar refractivity (Wildman–Crippen MR) is 279 cm³/mol. The van der Waals surface area contributed by atoms with E-state index in [1.54, 1.807) is 0 Å². The van der Waals surface area contributed by atoms with Gasteiger partial charge < -0.3 is 14.2 Å². The topological polar surface area (TPSA) is 78.9 Å². The van der Waals surface area contributed by atoms with Crippen molar-refractivity contribution in [3.63, 3.8) is 0 Å². The first-order valence-corrected chi connectivity index (χ1v) is 28.8. The molecule has 0 N–H and O–H groups in total. The highest BCUT2D eigenvalue weighted by Gasteiger charge is 2.19. The van der Waals surface area contributed by atoms with Crippen LogP contribution in [0.25, 0.3) is 0 Å². The van der Waals surface area contributed by atoms with Gasteiger partial charge in [0, 0.05) is 19.3 Å². The van der Waals surface area contributed by atoms with E-state index in [1.165, 1.54) is 212 Å². The number of carbonyl (C=O) groups is 3. The molecule has 0 aromatic carbocycles. The minimum atomic E-state index is -0.762. The van der Waals surface area contributed by atoms with E-state index in [2.05, 4.69) is 45.1 Å². The Morgan fingerprint density at radius 1 is 0.308 bits per heavy atom. The minimum absolute atomic E-state index is 0.0655. The van der Waals surface area contributed by atoms with E-state index >= 15 is 0 Å². The summed E-state index contributed by atoms with van der Waals surface area (Å²) in [5, 5.41) is 0. The van der Waals surface area contributed by atoms with Gasteiger partial charge in [-0.3, -0.25) is 14.4 Å². The second-order valence-corrected chi connectivity index (χ2v) is 19.6. The van der Waals surface area contributed by atoms with Gasteiger partial charge in [0.15, 0.2) is 6.10 Å². The number of allylic oxidation sites excluding steroid dienone is 4. The number of ether oxygens (including phenoxy) is 3. The first-order chi connectivity index (χ1) is 32.0. The molecular formula is C59H110O6. The Kier molecular flexibility index (Phi) is 52.7. The number of esters is 3. The molecule has 0 saturated carbocycles. The number of unbranched alkanes of at least 4 members (excludes halogenated alkanes) is 38. The fourth-order valence-corrected chi connectivity index (χ4v) is 8.59. The van der Waals surface area contributed by atoms with E-state index in [4.69, 9.17) is 14.2 Å². The van der Waals surface area contributed by atoms with Gasteiger partial charge in [-0.25, -0.2) is 0 Å². The molecule has 65 heavy (non-hydrogen) atoms. The molecule has 1 unspecified atom stereocenters. The second-order valence-electron chi connectivity index (χ2n) is 19.6. The molecule has 0 aliphatic heterocycles. The Balaban J connectivity index is 3.98. The zero-order chi connectivity index (χ0) is 47.2. The lowest BCUT2D eigenvalue weighted by molar-refractivity contribution is -0.167. The lowest BCUT2D eigenvalue weighted by Gasteiger charge is -2.18. The van der Waals surface area contributed by atoms with Crippen molar-refractivity contribution in [1.29, 1.82) is 0 Å². The molecule has 0 aromatic heterocycles. The lowest BCUT2D eigenvalue weighted by atomic mass is 10.0. The molecule has 1 atom stereocenters. The summed E-state index contributed by atoms with van der Waals surface area (Å²) in [7, 11) is 0. The average Bonchev–Trinajstić information content (AvgIpc) is 3.30. The third-order valence-electron chi connectivity index (χ3n) is 13.0. The van der Waals surface area contributed by atoms with Gasteiger partial charge >= 0.3 is 17.9 Å². The van der Waals surface area contributed by atoms with Crippen molar-refractivity contribution in [3.05, 3.63) is 24.3 Å². The molecule has 0 aliphatic carbocycles. The van der Waals surface area contributed by atoms with Crippen molar-refractivity contribution in [2.45, 2.75) is 322 Å². The van der Waals surface area contributed by atoms with Gasteiger partial charge in [0.05, 0.1) is 0 Å². The van der Waals surface area contributed by atoms with Crippen molar-refractivity contribution in [2.75, 3.05) is 13.2 Å². The van der Waals surface area contributed by atoms with Crippen molar-refractivity contribution in [3.8, 4) is 0 Å². The van der Waals surface area contributed by atoms with Gasteiger partial charge in [0.25, 0.3) is 0 Å². The Hall–Kier alpha value is -2.11. The zero-order valence-electron chi connectivity index (χ0n) is 43.8. The Morgan fingerprint density at radius 2 is 0.554 bits per heavy atom. The highest BCUT2D eigenvalue weighted by molar-refractivity contribution is 5.71. The molecule has 0 radical (unpaired) electrons. The first-order valence-electron chi connectivity index (χ1n) is 28.8. The number of carbonyl (C=O) groups excluding carboxylic acids is 3.